The second-order valence-electron chi connectivity index (χ2n) is 5.28. The lowest BCUT2D eigenvalue weighted by Gasteiger charge is -2.08. The largest absolute Gasteiger partial charge is 0.0949 e. The SMILES string of the molecule is C=C1CC=C(c2ccccc2)/C1=C/C1=CC=C(C)C1. The molecule has 0 heterocycles. The molecule has 0 aromatic heterocycles. The predicted octanol–water partition coefficient (Wildman–Crippen LogP) is 5.23. The summed E-state index contributed by atoms with van der Waals surface area (Å²) in [7, 11) is 0. The first-order valence-electron chi connectivity index (χ1n) is 6.76. The fourth-order valence-corrected chi connectivity index (χ4v) is 2.68. The van der Waals surface area contributed by atoms with Gasteiger partial charge in [-0.2, -0.15) is 0 Å². The van der Waals surface area contributed by atoms with Crippen LogP contribution in [0.3, 0.4) is 0 Å². The highest BCUT2D eigenvalue weighted by Gasteiger charge is 2.17. The van der Waals surface area contributed by atoms with E-state index in [0.29, 0.717) is 0 Å². The maximum absolute atomic E-state index is 4.21. The van der Waals surface area contributed by atoms with Gasteiger partial charge in [0.2, 0.25) is 0 Å². The van der Waals surface area contributed by atoms with E-state index in [0.717, 1.165) is 12.8 Å². The monoisotopic (exact) mass is 246 g/mol. The van der Waals surface area contributed by atoms with Crippen LogP contribution in [0.15, 0.2) is 83.5 Å². The lowest BCUT2D eigenvalue weighted by molar-refractivity contribution is 1.19. The molecule has 0 N–H and O–H groups in total. The summed E-state index contributed by atoms with van der Waals surface area (Å²) in [5.74, 6) is 0. The Labute approximate surface area is 115 Å². The minimum atomic E-state index is 0.968. The first kappa shape index (κ1) is 12.0. The zero-order valence-electron chi connectivity index (χ0n) is 11.3. The van der Waals surface area contributed by atoms with Gasteiger partial charge in [-0.3, -0.25) is 0 Å². The summed E-state index contributed by atoms with van der Waals surface area (Å²) in [5, 5.41) is 0. The number of hydrogen-bond donors (Lipinski definition) is 0. The van der Waals surface area contributed by atoms with Gasteiger partial charge < -0.3 is 0 Å². The minimum absolute atomic E-state index is 0.968. The van der Waals surface area contributed by atoms with Crippen LogP contribution in [-0.4, -0.2) is 0 Å². The van der Waals surface area contributed by atoms with Crippen LogP contribution in [0.1, 0.15) is 25.3 Å². The van der Waals surface area contributed by atoms with Crippen molar-refractivity contribution in [3.63, 3.8) is 0 Å². The number of rotatable bonds is 2. The zero-order chi connectivity index (χ0) is 13.2. The van der Waals surface area contributed by atoms with E-state index in [4.69, 9.17) is 0 Å². The summed E-state index contributed by atoms with van der Waals surface area (Å²) < 4.78 is 0. The number of allylic oxidation sites excluding steroid dienone is 9. The molecule has 0 unspecified atom stereocenters. The molecule has 0 saturated carbocycles. The van der Waals surface area contributed by atoms with Gasteiger partial charge in [-0.25, -0.2) is 0 Å². The van der Waals surface area contributed by atoms with Crippen LogP contribution >= 0.6 is 0 Å². The Bertz CT molecular complexity index is 634. The first-order chi connectivity index (χ1) is 9.24. The third-order valence-electron chi connectivity index (χ3n) is 3.70. The molecule has 3 rings (SSSR count). The number of benzene rings is 1. The van der Waals surface area contributed by atoms with Crippen molar-refractivity contribution in [1.29, 1.82) is 0 Å². The molecule has 0 nitrogen and oxygen atoms in total. The van der Waals surface area contributed by atoms with E-state index in [1.54, 1.807) is 0 Å². The van der Waals surface area contributed by atoms with Gasteiger partial charge in [-0.05, 0) is 47.6 Å². The Hall–Kier alpha value is -2.08. The molecular formula is C19H18. The smallest absolute Gasteiger partial charge is 0.00665 e. The van der Waals surface area contributed by atoms with E-state index in [1.807, 2.05) is 0 Å². The highest BCUT2D eigenvalue weighted by Crippen LogP contribution is 2.38. The van der Waals surface area contributed by atoms with Gasteiger partial charge >= 0.3 is 0 Å². The third kappa shape index (κ3) is 2.39. The zero-order valence-corrected chi connectivity index (χ0v) is 11.3. The molecule has 1 aromatic carbocycles. The summed E-state index contributed by atoms with van der Waals surface area (Å²) >= 11 is 0. The van der Waals surface area contributed by atoms with Crippen LogP contribution in [0.25, 0.3) is 5.57 Å². The quantitative estimate of drug-likeness (QED) is 0.670. The van der Waals surface area contributed by atoms with Crippen molar-refractivity contribution in [2.24, 2.45) is 0 Å². The molecule has 0 bridgehead atoms. The van der Waals surface area contributed by atoms with E-state index < -0.39 is 0 Å². The van der Waals surface area contributed by atoms with Crippen molar-refractivity contribution in [3.05, 3.63) is 89.1 Å². The molecule has 0 amide bonds. The molecule has 0 radical (unpaired) electrons. The molecule has 0 saturated heterocycles. The van der Waals surface area contributed by atoms with E-state index in [-0.39, 0.29) is 0 Å². The van der Waals surface area contributed by atoms with E-state index >= 15 is 0 Å². The van der Waals surface area contributed by atoms with Crippen LogP contribution in [0, 0.1) is 0 Å². The van der Waals surface area contributed by atoms with Crippen molar-refractivity contribution in [3.8, 4) is 0 Å². The molecule has 0 heteroatoms. The summed E-state index contributed by atoms with van der Waals surface area (Å²) in [5.41, 5.74) is 7.97. The van der Waals surface area contributed by atoms with Gasteiger partial charge in [0.25, 0.3) is 0 Å². The van der Waals surface area contributed by atoms with Gasteiger partial charge in [-0.1, -0.05) is 66.8 Å². The molecule has 1 aromatic rings. The molecular weight excluding hydrogens is 228 g/mol. The molecule has 19 heavy (non-hydrogen) atoms. The van der Waals surface area contributed by atoms with Crippen LogP contribution in [0.4, 0.5) is 0 Å². The highest BCUT2D eigenvalue weighted by atomic mass is 14.2. The molecule has 0 spiro atoms. The second-order valence-corrected chi connectivity index (χ2v) is 5.28. The van der Waals surface area contributed by atoms with E-state index in [1.165, 1.54) is 33.4 Å². The summed E-state index contributed by atoms with van der Waals surface area (Å²) in [4.78, 5) is 0. The lowest BCUT2D eigenvalue weighted by atomic mass is 9.96. The standard InChI is InChI=1S/C19H18/c1-14-8-10-16(12-14)13-19-15(2)9-11-18(19)17-6-4-3-5-7-17/h3-8,10-11,13H,2,9,12H2,1H3/b19-13+. The molecule has 94 valence electrons. The third-order valence-corrected chi connectivity index (χ3v) is 3.70. The maximum Gasteiger partial charge on any atom is -0.00665 e. The van der Waals surface area contributed by atoms with Crippen molar-refractivity contribution in [2.45, 2.75) is 19.8 Å². The average molecular weight is 246 g/mol. The van der Waals surface area contributed by atoms with Crippen molar-refractivity contribution in [1.82, 2.24) is 0 Å². The topological polar surface area (TPSA) is 0 Å². The normalized spacial score (nSPS) is 20.6. The van der Waals surface area contributed by atoms with Gasteiger partial charge in [0.05, 0.1) is 0 Å². The highest BCUT2D eigenvalue weighted by molar-refractivity contribution is 5.87. The fourth-order valence-electron chi connectivity index (χ4n) is 2.68. The van der Waals surface area contributed by atoms with Gasteiger partial charge in [0.15, 0.2) is 0 Å². The predicted molar refractivity (Wildman–Crippen MR) is 82.7 cm³/mol. The van der Waals surface area contributed by atoms with Gasteiger partial charge in [0.1, 0.15) is 0 Å². The van der Waals surface area contributed by atoms with E-state index in [9.17, 15) is 0 Å². The fraction of sp³-hybridized carbons (Fsp3) is 0.158. The molecule has 2 aliphatic carbocycles. The Morgan fingerprint density at radius 1 is 1.11 bits per heavy atom. The van der Waals surface area contributed by atoms with Crippen LogP contribution in [0.2, 0.25) is 0 Å². The maximum atomic E-state index is 4.21. The Morgan fingerprint density at radius 3 is 2.58 bits per heavy atom. The van der Waals surface area contributed by atoms with Crippen molar-refractivity contribution < 1.29 is 0 Å². The first-order valence-corrected chi connectivity index (χ1v) is 6.76. The number of hydrogen-bond acceptors (Lipinski definition) is 0. The lowest BCUT2D eigenvalue weighted by Crippen LogP contribution is -1.88. The van der Waals surface area contributed by atoms with Gasteiger partial charge in [0, 0.05) is 0 Å². The van der Waals surface area contributed by atoms with Crippen molar-refractivity contribution >= 4 is 5.57 Å². The average Bonchev–Trinajstić information content (AvgIpc) is 2.99. The Balaban J connectivity index is 1.94. The van der Waals surface area contributed by atoms with Crippen LogP contribution in [-0.2, 0) is 0 Å². The molecule has 0 fully saturated rings. The van der Waals surface area contributed by atoms with Crippen molar-refractivity contribution in [2.75, 3.05) is 0 Å². The second kappa shape index (κ2) is 4.89. The van der Waals surface area contributed by atoms with E-state index in [2.05, 4.69) is 68.1 Å². The molecule has 0 aliphatic heterocycles. The van der Waals surface area contributed by atoms with Crippen LogP contribution in [0.5, 0.6) is 0 Å². The molecule has 0 atom stereocenters. The van der Waals surface area contributed by atoms with Gasteiger partial charge in [-0.15, -0.1) is 0 Å². The Morgan fingerprint density at radius 2 is 1.89 bits per heavy atom. The Kier molecular flexibility index (Phi) is 3.08. The summed E-state index contributed by atoms with van der Waals surface area (Å²) in [6, 6.07) is 10.6. The van der Waals surface area contributed by atoms with Crippen LogP contribution < -0.4 is 0 Å². The summed E-state index contributed by atoms with van der Waals surface area (Å²) in [6.45, 7) is 6.39. The summed E-state index contributed by atoms with van der Waals surface area (Å²) in [6.07, 6.45) is 11.1. The minimum Gasteiger partial charge on any atom is -0.0949 e. The molecule has 2 aliphatic rings.